The first-order valence-corrected chi connectivity index (χ1v) is 25.0. The zero-order chi connectivity index (χ0) is 40.6. The summed E-state index contributed by atoms with van der Waals surface area (Å²) in [7, 11) is 3.56. The second-order valence-electron chi connectivity index (χ2n) is 16.4. The summed E-state index contributed by atoms with van der Waals surface area (Å²) in [4.78, 5) is 39.8. The SMILES string of the molecule is CCCCC(C/C=C\COC(=O)CCCCCCCP(CCCCCCCC(=O)OC/C=C\CC(CCCC)CCCC)C(=O)CCCN(C)C)CCCC. The molecular weight excluding hydrogens is 702 g/mol. The monoisotopic (exact) mass is 792 g/mol. The maximum Gasteiger partial charge on any atom is 0.306 e. The molecule has 0 aliphatic carbocycles. The summed E-state index contributed by atoms with van der Waals surface area (Å²) in [5, 5.41) is 0. The van der Waals surface area contributed by atoms with Crippen molar-refractivity contribution in [3.05, 3.63) is 24.3 Å². The van der Waals surface area contributed by atoms with E-state index in [-0.39, 0.29) is 11.9 Å². The van der Waals surface area contributed by atoms with Crippen molar-refractivity contribution in [2.45, 2.75) is 207 Å². The Bertz CT molecular complexity index is 873. The molecule has 0 fully saturated rings. The minimum atomic E-state index is -0.584. The third-order valence-electron chi connectivity index (χ3n) is 10.8. The maximum atomic E-state index is 13.2. The van der Waals surface area contributed by atoms with Crippen molar-refractivity contribution < 1.29 is 23.9 Å². The molecule has 55 heavy (non-hydrogen) atoms. The Balaban J connectivity index is 4.25. The molecule has 6 nitrogen and oxygen atoms in total. The fraction of sp³-hybridized carbons (Fsp3) is 0.854. The third kappa shape index (κ3) is 36.6. The van der Waals surface area contributed by atoms with Crippen LogP contribution in [0.4, 0.5) is 0 Å². The molecule has 0 aliphatic heterocycles. The number of rotatable bonds is 41. The minimum absolute atomic E-state index is 0.0862. The quantitative estimate of drug-likeness (QED) is 0.0266. The first-order valence-electron chi connectivity index (χ1n) is 23.3. The Morgan fingerprint density at radius 2 is 0.873 bits per heavy atom. The fourth-order valence-electron chi connectivity index (χ4n) is 7.14. The predicted octanol–water partition coefficient (Wildman–Crippen LogP) is 14.0. The highest BCUT2D eigenvalue weighted by molar-refractivity contribution is 7.74. The molecule has 0 saturated heterocycles. The van der Waals surface area contributed by atoms with Crippen LogP contribution in [0.3, 0.4) is 0 Å². The summed E-state index contributed by atoms with van der Waals surface area (Å²) < 4.78 is 10.9. The zero-order valence-corrected chi connectivity index (χ0v) is 38.1. The number of unbranched alkanes of at least 4 members (excludes halogenated alkanes) is 12. The molecule has 0 bridgehead atoms. The van der Waals surface area contributed by atoms with Gasteiger partial charge < -0.3 is 14.4 Å². The number of esters is 2. The average Bonchev–Trinajstić information content (AvgIpc) is 3.17. The topological polar surface area (TPSA) is 72.9 Å². The number of nitrogens with zero attached hydrogens (tertiary/aromatic N) is 1. The first kappa shape index (κ1) is 53.5. The number of carbonyl (C=O) groups excluding carboxylic acids is 3. The van der Waals surface area contributed by atoms with Crippen molar-refractivity contribution in [3.63, 3.8) is 0 Å². The van der Waals surface area contributed by atoms with Crippen molar-refractivity contribution in [2.24, 2.45) is 11.8 Å². The number of allylic oxidation sites excluding steroid dienone is 2. The van der Waals surface area contributed by atoms with Crippen LogP contribution in [0.5, 0.6) is 0 Å². The summed E-state index contributed by atoms with van der Waals surface area (Å²) in [6.45, 7) is 10.8. The first-order chi connectivity index (χ1) is 26.8. The van der Waals surface area contributed by atoms with Crippen LogP contribution in [0, 0.1) is 11.8 Å². The normalized spacial score (nSPS) is 12.0. The third-order valence-corrected chi connectivity index (χ3v) is 13.4. The van der Waals surface area contributed by atoms with Gasteiger partial charge in [0.25, 0.3) is 0 Å². The maximum absolute atomic E-state index is 13.2. The van der Waals surface area contributed by atoms with Crippen molar-refractivity contribution in [3.8, 4) is 0 Å². The van der Waals surface area contributed by atoms with Crippen molar-refractivity contribution in [1.82, 2.24) is 4.90 Å². The van der Waals surface area contributed by atoms with Crippen LogP contribution in [-0.2, 0) is 23.9 Å². The number of carbonyl (C=O) groups is 3. The van der Waals surface area contributed by atoms with Gasteiger partial charge in [-0.3, -0.25) is 14.4 Å². The van der Waals surface area contributed by atoms with E-state index >= 15 is 0 Å². The average molecular weight is 792 g/mol. The Kier molecular flexibility index (Phi) is 39.5. The van der Waals surface area contributed by atoms with Crippen molar-refractivity contribution in [1.29, 1.82) is 0 Å². The molecule has 0 heterocycles. The summed E-state index contributed by atoms with van der Waals surface area (Å²) in [6.07, 6.45) is 41.3. The molecule has 0 N–H and O–H groups in total. The van der Waals surface area contributed by atoms with Gasteiger partial charge in [0.05, 0.1) is 0 Å². The van der Waals surface area contributed by atoms with Crippen LogP contribution >= 0.6 is 7.92 Å². The highest BCUT2D eigenvalue weighted by atomic mass is 31.1. The molecule has 0 aromatic rings. The zero-order valence-electron chi connectivity index (χ0n) is 37.2. The number of hydrogen-bond acceptors (Lipinski definition) is 6. The van der Waals surface area contributed by atoms with Gasteiger partial charge in [-0.05, 0) is 97.7 Å². The molecule has 0 amide bonds. The molecule has 0 aromatic carbocycles. The van der Waals surface area contributed by atoms with E-state index in [9.17, 15) is 14.4 Å². The van der Waals surface area contributed by atoms with E-state index in [1.807, 2.05) is 12.2 Å². The predicted molar refractivity (Wildman–Crippen MR) is 239 cm³/mol. The molecule has 0 spiro atoms. The summed E-state index contributed by atoms with van der Waals surface area (Å²) >= 11 is 0. The molecule has 0 atom stereocenters. The van der Waals surface area contributed by atoms with E-state index in [0.29, 0.717) is 38.0 Å². The smallest absolute Gasteiger partial charge is 0.306 e. The van der Waals surface area contributed by atoms with Gasteiger partial charge in [0.15, 0.2) is 5.52 Å². The van der Waals surface area contributed by atoms with Crippen LogP contribution in [-0.4, -0.2) is 68.5 Å². The number of hydrogen-bond donors (Lipinski definition) is 0. The van der Waals surface area contributed by atoms with Gasteiger partial charge in [-0.25, -0.2) is 0 Å². The summed E-state index contributed by atoms with van der Waals surface area (Å²) in [5.74, 6) is 1.35. The van der Waals surface area contributed by atoms with Crippen molar-refractivity contribution >= 4 is 25.4 Å². The molecule has 322 valence electrons. The van der Waals surface area contributed by atoms with Gasteiger partial charge in [0.2, 0.25) is 0 Å². The highest BCUT2D eigenvalue weighted by Gasteiger charge is 2.17. The van der Waals surface area contributed by atoms with E-state index in [0.717, 1.165) is 114 Å². The van der Waals surface area contributed by atoms with E-state index in [2.05, 4.69) is 58.8 Å². The Morgan fingerprint density at radius 1 is 0.491 bits per heavy atom. The van der Waals surface area contributed by atoms with E-state index < -0.39 is 7.92 Å². The van der Waals surface area contributed by atoms with E-state index in [1.54, 1.807) is 0 Å². The van der Waals surface area contributed by atoms with Gasteiger partial charge in [-0.2, -0.15) is 0 Å². The summed E-state index contributed by atoms with van der Waals surface area (Å²) in [5.41, 5.74) is 0.500. The van der Waals surface area contributed by atoms with Gasteiger partial charge >= 0.3 is 11.9 Å². The van der Waals surface area contributed by atoms with Crippen LogP contribution in [0.1, 0.15) is 207 Å². The fourth-order valence-corrected chi connectivity index (χ4v) is 9.55. The molecule has 0 radical (unpaired) electrons. The molecule has 0 saturated carbocycles. The molecule has 0 aromatic heterocycles. The second-order valence-corrected chi connectivity index (χ2v) is 18.9. The number of ether oxygens (including phenoxy) is 2. The van der Waals surface area contributed by atoms with Crippen LogP contribution < -0.4 is 0 Å². The lowest BCUT2D eigenvalue weighted by molar-refractivity contribution is -0.143. The van der Waals surface area contributed by atoms with E-state index in [1.165, 1.54) is 77.0 Å². The van der Waals surface area contributed by atoms with Crippen LogP contribution in [0.25, 0.3) is 0 Å². The standard InChI is InChI=1S/C48H90NO5P/c1-7-11-30-44(31-12-8-2)34-23-25-40-53-46(50)36-21-17-15-19-27-42-55(48(52)38-29-39-49(5)6)43-28-20-16-18-22-37-47(51)54-41-26-24-35-45(32-13-9-3)33-14-10-4/h23-26,44-45H,7-22,27-43H2,1-6H3/b25-23-,26-24-. The Labute approximate surface area is 342 Å². The minimum Gasteiger partial charge on any atom is -0.461 e. The van der Waals surface area contributed by atoms with Crippen molar-refractivity contribution in [2.75, 3.05) is 46.2 Å². The second kappa shape index (κ2) is 40.7. The van der Waals surface area contributed by atoms with Gasteiger partial charge in [-0.1, -0.05) is 168 Å². The Morgan fingerprint density at radius 3 is 1.25 bits per heavy atom. The molecule has 0 rings (SSSR count). The van der Waals surface area contributed by atoms with Gasteiger partial charge in [-0.15, -0.1) is 0 Å². The molecular formula is C48H90NO5P. The molecule has 7 heteroatoms. The lowest BCUT2D eigenvalue weighted by Crippen LogP contribution is -2.14. The lowest BCUT2D eigenvalue weighted by Gasteiger charge is -2.17. The lowest BCUT2D eigenvalue weighted by atomic mass is 9.93. The van der Waals surface area contributed by atoms with Crippen LogP contribution in [0.15, 0.2) is 24.3 Å². The van der Waals surface area contributed by atoms with E-state index in [4.69, 9.17) is 9.47 Å². The summed E-state index contributed by atoms with van der Waals surface area (Å²) in [6, 6.07) is 0. The largest absolute Gasteiger partial charge is 0.461 e. The van der Waals surface area contributed by atoms with Crippen LogP contribution in [0.2, 0.25) is 0 Å². The molecule has 0 unspecified atom stereocenters. The van der Waals surface area contributed by atoms with Gasteiger partial charge in [0.1, 0.15) is 13.2 Å². The highest BCUT2D eigenvalue weighted by Crippen LogP contribution is 2.41. The molecule has 0 aliphatic rings. The van der Waals surface area contributed by atoms with Gasteiger partial charge in [0, 0.05) is 19.3 Å². The Hall–Kier alpha value is -1.52.